The van der Waals surface area contributed by atoms with E-state index >= 15 is 0 Å². The van der Waals surface area contributed by atoms with Crippen molar-refractivity contribution in [2.45, 2.75) is 18.4 Å². The fourth-order valence-electron chi connectivity index (χ4n) is 1.35. The van der Waals surface area contributed by atoms with Crippen LogP contribution in [0.5, 0.6) is 0 Å². The molecule has 7 nitrogen and oxygen atoms in total. The first-order valence-corrected chi connectivity index (χ1v) is 7.50. The van der Waals surface area contributed by atoms with E-state index in [1.165, 1.54) is 12.1 Å². The summed E-state index contributed by atoms with van der Waals surface area (Å²) in [5, 5.41) is 3.60. The highest BCUT2D eigenvalue weighted by atomic mass is 79.9. The van der Waals surface area contributed by atoms with Gasteiger partial charge < -0.3 is 10.3 Å². The quantitative estimate of drug-likeness (QED) is 0.804. The van der Waals surface area contributed by atoms with E-state index < -0.39 is 10.0 Å². The van der Waals surface area contributed by atoms with Gasteiger partial charge in [0.1, 0.15) is 0 Å². The maximum atomic E-state index is 12.0. The summed E-state index contributed by atoms with van der Waals surface area (Å²) in [6.45, 7) is 1.58. The third kappa shape index (κ3) is 3.31. The molecular weight excluding hydrogens is 336 g/mol. The largest absolute Gasteiger partial charge is 0.398 e. The number of nitrogens with one attached hydrogen (secondary N) is 1. The lowest BCUT2D eigenvalue weighted by Gasteiger charge is -2.06. The van der Waals surface area contributed by atoms with Crippen molar-refractivity contribution in [3.05, 3.63) is 34.4 Å². The molecule has 0 saturated heterocycles. The third-order valence-corrected chi connectivity index (χ3v) is 4.39. The van der Waals surface area contributed by atoms with Crippen LogP contribution in [0, 0.1) is 6.92 Å². The van der Waals surface area contributed by atoms with Crippen LogP contribution in [0.25, 0.3) is 0 Å². The fourth-order valence-corrected chi connectivity index (χ4v) is 2.61. The van der Waals surface area contributed by atoms with Gasteiger partial charge in [-0.2, -0.15) is 4.98 Å². The number of benzene rings is 1. The second-order valence-corrected chi connectivity index (χ2v) is 6.36. The molecule has 102 valence electrons. The van der Waals surface area contributed by atoms with E-state index in [2.05, 4.69) is 30.8 Å². The van der Waals surface area contributed by atoms with E-state index in [1.54, 1.807) is 13.0 Å². The van der Waals surface area contributed by atoms with Gasteiger partial charge in [-0.1, -0.05) is 5.16 Å². The second kappa shape index (κ2) is 5.27. The van der Waals surface area contributed by atoms with Crippen LogP contribution in [0.2, 0.25) is 0 Å². The van der Waals surface area contributed by atoms with Gasteiger partial charge in [0.2, 0.25) is 15.9 Å². The summed E-state index contributed by atoms with van der Waals surface area (Å²) in [7, 11) is -3.66. The molecule has 0 aliphatic rings. The first-order valence-electron chi connectivity index (χ1n) is 5.22. The van der Waals surface area contributed by atoms with Crippen LogP contribution in [0.4, 0.5) is 5.69 Å². The highest BCUT2D eigenvalue weighted by Gasteiger charge is 2.16. The van der Waals surface area contributed by atoms with Crippen LogP contribution in [-0.2, 0) is 16.6 Å². The molecule has 9 heteroatoms. The van der Waals surface area contributed by atoms with Crippen molar-refractivity contribution in [2.75, 3.05) is 5.73 Å². The summed E-state index contributed by atoms with van der Waals surface area (Å²) in [5.74, 6) is 0.647. The summed E-state index contributed by atoms with van der Waals surface area (Å²) in [6.07, 6.45) is 0. The molecule has 19 heavy (non-hydrogen) atoms. The average molecular weight is 347 g/mol. The minimum absolute atomic E-state index is 0.0460. The maximum absolute atomic E-state index is 12.0. The lowest BCUT2D eigenvalue weighted by molar-refractivity contribution is 0.387. The third-order valence-electron chi connectivity index (χ3n) is 2.27. The Morgan fingerprint density at radius 1 is 1.47 bits per heavy atom. The van der Waals surface area contributed by atoms with Crippen LogP contribution < -0.4 is 10.5 Å². The van der Waals surface area contributed by atoms with Crippen LogP contribution >= 0.6 is 15.9 Å². The van der Waals surface area contributed by atoms with Crippen molar-refractivity contribution in [2.24, 2.45) is 0 Å². The van der Waals surface area contributed by atoms with Crippen molar-refractivity contribution in [1.29, 1.82) is 0 Å². The molecule has 0 aliphatic carbocycles. The number of nitrogen functional groups attached to an aromatic ring is 1. The zero-order valence-corrected chi connectivity index (χ0v) is 12.3. The first kappa shape index (κ1) is 14.0. The number of aromatic nitrogens is 2. The predicted molar refractivity (Wildman–Crippen MR) is 71.6 cm³/mol. The number of rotatable bonds is 4. The molecule has 0 spiro atoms. The van der Waals surface area contributed by atoms with Gasteiger partial charge in [-0.15, -0.1) is 0 Å². The lowest BCUT2D eigenvalue weighted by atomic mass is 10.3. The zero-order valence-electron chi connectivity index (χ0n) is 9.92. The highest BCUT2D eigenvalue weighted by Crippen LogP contribution is 2.22. The standard InChI is InChI=1S/C10H11BrN4O3S/c1-6-14-10(15-18-6)5-13-19(16,17)7-2-3-8(11)9(12)4-7/h2-4,13H,5,12H2,1H3. The highest BCUT2D eigenvalue weighted by molar-refractivity contribution is 9.10. The number of hydrogen-bond acceptors (Lipinski definition) is 6. The maximum Gasteiger partial charge on any atom is 0.241 e. The summed E-state index contributed by atoms with van der Waals surface area (Å²) in [6, 6.07) is 4.39. The number of nitrogens with zero attached hydrogens (tertiary/aromatic N) is 2. The minimum atomic E-state index is -3.66. The molecule has 0 radical (unpaired) electrons. The molecule has 0 unspecified atom stereocenters. The van der Waals surface area contributed by atoms with Gasteiger partial charge in [-0.05, 0) is 34.1 Å². The van der Waals surface area contributed by atoms with Crippen LogP contribution in [0.15, 0.2) is 32.1 Å². The molecule has 0 fully saturated rings. The Bertz CT molecular complexity index is 699. The molecular formula is C10H11BrN4O3S. The fraction of sp³-hybridized carbons (Fsp3) is 0.200. The summed E-state index contributed by atoms with van der Waals surface area (Å²) < 4.78 is 31.8. The molecule has 0 aliphatic heterocycles. The molecule has 0 amide bonds. The molecule has 2 rings (SSSR count). The Balaban J connectivity index is 2.16. The number of anilines is 1. The van der Waals surface area contributed by atoms with E-state index in [4.69, 9.17) is 10.3 Å². The van der Waals surface area contributed by atoms with Crippen molar-refractivity contribution >= 4 is 31.6 Å². The Morgan fingerprint density at radius 3 is 2.79 bits per heavy atom. The van der Waals surface area contributed by atoms with Gasteiger partial charge in [0.05, 0.1) is 11.4 Å². The van der Waals surface area contributed by atoms with Crippen molar-refractivity contribution in [3.8, 4) is 0 Å². The number of aryl methyl sites for hydroxylation is 1. The van der Waals surface area contributed by atoms with E-state index in [-0.39, 0.29) is 17.3 Å². The molecule has 0 atom stereocenters. The van der Waals surface area contributed by atoms with Gasteiger partial charge in [-0.3, -0.25) is 0 Å². The van der Waals surface area contributed by atoms with Crippen LogP contribution in [-0.4, -0.2) is 18.6 Å². The summed E-state index contributed by atoms with van der Waals surface area (Å²) in [4.78, 5) is 3.98. The van der Waals surface area contributed by atoms with Crippen LogP contribution in [0.1, 0.15) is 11.7 Å². The average Bonchev–Trinajstić information content (AvgIpc) is 2.76. The Hall–Kier alpha value is -1.45. The van der Waals surface area contributed by atoms with E-state index in [9.17, 15) is 8.42 Å². The van der Waals surface area contributed by atoms with Crippen molar-refractivity contribution in [3.63, 3.8) is 0 Å². The summed E-state index contributed by atoms with van der Waals surface area (Å²) in [5.41, 5.74) is 5.99. The number of nitrogens with two attached hydrogens (primary N) is 1. The lowest BCUT2D eigenvalue weighted by Crippen LogP contribution is -2.24. The number of sulfonamides is 1. The van der Waals surface area contributed by atoms with Gasteiger partial charge in [-0.25, -0.2) is 13.1 Å². The Morgan fingerprint density at radius 2 is 2.21 bits per heavy atom. The number of halogens is 1. The van der Waals surface area contributed by atoms with Gasteiger partial charge in [0.15, 0.2) is 5.82 Å². The van der Waals surface area contributed by atoms with E-state index in [1.807, 2.05) is 0 Å². The molecule has 1 aromatic heterocycles. The zero-order chi connectivity index (χ0) is 14.0. The van der Waals surface area contributed by atoms with Crippen molar-refractivity contribution < 1.29 is 12.9 Å². The van der Waals surface area contributed by atoms with Gasteiger partial charge >= 0.3 is 0 Å². The molecule has 3 N–H and O–H groups in total. The molecule has 0 bridgehead atoms. The molecule has 1 aromatic carbocycles. The Kier molecular flexibility index (Phi) is 3.88. The predicted octanol–water partition coefficient (Wildman–Crippen LogP) is 1.20. The van der Waals surface area contributed by atoms with Gasteiger partial charge in [0, 0.05) is 17.1 Å². The smallest absolute Gasteiger partial charge is 0.241 e. The Labute approximate surface area is 118 Å². The minimum Gasteiger partial charge on any atom is -0.398 e. The molecule has 2 aromatic rings. The summed E-state index contributed by atoms with van der Waals surface area (Å²) >= 11 is 3.20. The monoisotopic (exact) mass is 346 g/mol. The second-order valence-electron chi connectivity index (χ2n) is 3.74. The molecule has 1 heterocycles. The van der Waals surface area contributed by atoms with Gasteiger partial charge in [0.25, 0.3) is 0 Å². The number of hydrogen-bond donors (Lipinski definition) is 2. The van der Waals surface area contributed by atoms with E-state index in [0.717, 1.165) is 0 Å². The first-order chi connectivity index (χ1) is 8.88. The van der Waals surface area contributed by atoms with E-state index in [0.29, 0.717) is 16.1 Å². The van der Waals surface area contributed by atoms with Crippen molar-refractivity contribution in [1.82, 2.24) is 14.9 Å². The molecule has 0 saturated carbocycles. The SMILES string of the molecule is Cc1nc(CNS(=O)(=O)c2ccc(Br)c(N)c2)no1. The topological polar surface area (TPSA) is 111 Å². The van der Waals surface area contributed by atoms with Crippen LogP contribution in [0.3, 0.4) is 0 Å². The normalized spacial score (nSPS) is 11.7.